The van der Waals surface area contributed by atoms with E-state index in [9.17, 15) is 4.79 Å². The van der Waals surface area contributed by atoms with Crippen LogP contribution in [-0.4, -0.2) is 24.2 Å². The molecular formula is C8H17NO2. The zero-order chi connectivity index (χ0) is 8.69. The molecule has 0 saturated carbocycles. The second-order valence-electron chi connectivity index (χ2n) is 2.70. The van der Waals surface area contributed by atoms with E-state index in [-0.39, 0.29) is 18.4 Å². The van der Waals surface area contributed by atoms with Crippen molar-refractivity contribution in [2.75, 3.05) is 13.2 Å². The lowest BCUT2D eigenvalue weighted by Crippen LogP contribution is -2.31. The molecule has 1 amide bonds. The number of aliphatic hydroxyl groups is 1. The molecule has 0 unspecified atom stereocenters. The Morgan fingerprint density at radius 1 is 1.64 bits per heavy atom. The zero-order valence-electron chi connectivity index (χ0n) is 7.26. The minimum atomic E-state index is 0.0184. The summed E-state index contributed by atoms with van der Waals surface area (Å²) >= 11 is 0. The maximum atomic E-state index is 11.1. The highest BCUT2D eigenvalue weighted by molar-refractivity contribution is 5.78. The molecule has 0 aromatic carbocycles. The molecule has 0 aromatic heterocycles. The number of amides is 1. The van der Waals surface area contributed by atoms with Gasteiger partial charge in [0.2, 0.25) is 5.91 Å². The maximum absolute atomic E-state index is 11.1. The van der Waals surface area contributed by atoms with Gasteiger partial charge in [0.1, 0.15) is 0 Å². The topological polar surface area (TPSA) is 49.3 Å². The maximum Gasteiger partial charge on any atom is 0.222 e. The normalized spacial score (nSPS) is 12.6. The third kappa shape index (κ3) is 4.79. The minimum absolute atomic E-state index is 0.0184. The van der Waals surface area contributed by atoms with Crippen LogP contribution in [-0.2, 0) is 4.79 Å². The molecule has 0 radical (unpaired) electrons. The quantitative estimate of drug-likeness (QED) is 0.614. The average molecular weight is 159 g/mol. The van der Waals surface area contributed by atoms with Crippen LogP contribution in [0.1, 0.15) is 26.7 Å². The SMILES string of the molecule is CCC[C@H](C)C(=O)NCCO. The predicted molar refractivity (Wildman–Crippen MR) is 44.2 cm³/mol. The molecule has 0 spiro atoms. The number of carbonyl (C=O) groups is 1. The molecule has 0 aromatic rings. The summed E-state index contributed by atoms with van der Waals surface area (Å²) < 4.78 is 0. The van der Waals surface area contributed by atoms with Crippen LogP contribution in [0.2, 0.25) is 0 Å². The molecule has 11 heavy (non-hydrogen) atoms. The molecule has 2 N–H and O–H groups in total. The van der Waals surface area contributed by atoms with Gasteiger partial charge < -0.3 is 10.4 Å². The Bertz CT molecular complexity index is 115. The van der Waals surface area contributed by atoms with Gasteiger partial charge in [0, 0.05) is 12.5 Å². The summed E-state index contributed by atoms with van der Waals surface area (Å²) in [5.74, 6) is 0.118. The fraction of sp³-hybridized carbons (Fsp3) is 0.875. The van der Waals surface area contributed by atoms with Gasteiger partial charge in [0.25, 0.3) is 0 Å². The number of aliphatic hydroxyl groups excluding tert-OH is 1. The smallest absolute Gasteiger partial charge is 0.222 e. The number of nitrogens with one attached hydrogen (secondary N) is 1. The van der Waals surface area contributed by atoms with Crippen molar-refractivity contribution in [2.45, 2.75) is 26.7 Å². The molecule has 0 aliphatic carbocycles. The molecule has 0 aliphatic heterocycles. The van der Waals surface area contributed by atoms with Crippen LogP contribution >= 0.6 is 0 Å². The molecule has 0 bridgehead atoms. The van der Waals surface area contributed by atoms with E-state index in [2.05, 4.69) is 12.2 Å². The third-order valence-electron chi connectivity index (χ3n) is 1.58. The van der Waals surface area contributed by atoms with E-state index in [1.54, 1.807) is 0 Å². The van der Waals surface area contributed by atoms with Crippen LogP contribution in [0.5, 0.6) is 0 Å². The Balaban J connectivity index is 3.47. The predicted octanol–water partition coefficient (Wildman–Crippen LogP) is 0.531. The van der Waals surface area contributed by atoms with E-state index in [1.165, 1.54) is 0 Å². The zero-order valence-corrected chi connectivity index (χ0v) is 7.26. The van der Waals surface area contributed by atoms with Gasteiger partial charge in [-0.05, 0) is 6.42 Å². The van der Waals surface area contributed by atoms with Crippen molar-refractivity contribution < 1.29 is 9.90 Å². The number of rotatable bonds is 5. The van der Waals surface area contributed by atoms with Gasteiger partial charge >= 0.3 is 0 Å². The standard InChI is InChI=1S/C8H17NO2/c1-3-4-7(2)8(11)9-5-6-10/h7,10H,3-6H2,1-2H3,(H,9,11)/t7-/m0/s1. The summed E-state index contributed by atoms with van der Waals surface area (Å²) in [6.45, 7) is 4.34. The first-order valence-corrected chi connectivity index (χ1v) is 4.11. The van der Waals surface area contributed by atoms with E-state index in [0.717, 1.165) is 12.8 Å². The lowest BCUT2D eigenvalue weighted by atomic mass is 10.1. The van der Waals surface area contributed by atoms with Crippen LogP contribution in [0.4, 0.5) is 0 Å². The second kappa shape index (κ2) is 6.16. The first-order valence-electron chi connectivity index (χ1n) is 4.11. The van der Waals surface area contributed by atoms with Crippen LogP contribution in [0.25, 0.3) is 0 Å². The third-order valence-corrected chi connectivity index (χ3v) is 1.58. The van der Waals surface area contributed by atoms with Crippen molar-refractivity contribution in [3.63, 3.8) is 0 Å². The van der Waals surface area contributed by atoms with Gasteiger partial charge in [-0.15, -0.1) is 0 Å². The van der Waals surface area contributed by atoms with E-state index in [0.29, 0.717) is 6.54 Å². The van der Waals surface area contributed by atoms with E-state index >= 15 is 0 Å². The Labute approximate surface area is 67.8 Å². The van der Waals surface area contributed by atoms with Crippen molar-refractivity contribution in [1.82, 2.24) is 5.32 Å². The lowest BCUT2D eigenvalue weighted by Gasteiger charge is -2.09. The first kappa shape index (κ1) is 10.4. The minimum Gasteiger partial charge on any atom is -0.395 e. The highest BCUT2D eigenvalue weighted by Crippen LogP contribution is 2.03. The van der Waals surface area contributed by atoms with E-state index in [1.807, 2.05) is 6.92 Å². The van der Waals surface area contributed by atoms with Gasteiger partial charge in [0.05, 0.1) is 6.61 Å². The van der Waals surface area contributed by atoms with Gasteiger partial charge in [-0.2, -0.15) is 0 Å². The van der Waals surface area contributed by atoms with Crippen LogP contribution < -0.4 is 5.32 Å². The summed E-state index contributed by atoms with van der Waals surface area (Å²) in [6.07, 6.45) is 1.94. The Hall–Kier alpha value is -0.570. The van der Waals surface area contributed by atoms with Crippen molar-refractivity contribution in [2.24, 2.45) is 5.92 Å². The Kier molecular flexibility index (Phi) is 5.84. The number of hydrogen-bond acceptors (Lipinski definition) is 2. The lowest BCUT2D eigenvalue weighted by molar-refractivity contribution is -0.124. The fourth-order valence-electron chi connectivity index (χ4n) is 0.917. The van der Waals surface area contributed by atoms with Crippen molar-refractivity contribution >= 4 is 5.91 Å². The highest BCUT2D eigenvalue weighted by atomic mass is 16.3. The van der Waals surface area contributed by atoms with Gasteiger partial charge in [-0.25, -0.2) is 0 Å². The Morgan fingerprint density at radius 3 is 2.73 bits per heavy atom. The molecule has 3 heteroatoms. The number of carbonyl (C=O) groups excluding carboxylic acids is 1. The van der Waals surface area contributed by atoms with Crippen molar-refractivity contribution in [3.05, 3.63) is 0 Å². The van der Waals surface area contributed by atoms with Gasteiger partial charge in [0.15, 0.2) is 0 Å². The molecular weight excluding hydrogens is 142 g/mol. The first-order chi connectivity index (χ1) is 5.22. The van der Waals surface area contributed by atoms with E-state index < -0.39 is 0 Å². The van der Waals surface area contributed by atoms with Crippen molar-refractivity contribution in [1.29, 1.82) is 0 Å². The van der Waals surface area contributed by atoms with Crippen LogP contribution in [0.3, 0.4) is 0 Å². The average Bonchev–Trinajstić information content (AvgIpc) is 2.00. The Morgan fingerprint density at radius 2 is 2.27 bits per heavy atom. The molecule has 0 rings (SSSR count). The van der Waals surface area contributed by atoms with E-state index in [4.69, 9.17) is 5.11 Å². The summed E-state index contributed by atoms with van der Waals surface area (Å²) in [7, 11) is 0. The van der Waals surface area contributed by atoms with Crippen molar-refractivity contribution in [3.8, 4) is 0 Å². The summed E-state index contributed by atoms with van der Waals surface area (Å²) in [4.78, 5) is 11.1. The second-order valence-corrected chi connectivity index (χ2v) is 2.70. The summed E-state index contributed by atoms with van der Waals surface area (Å²) in [6, 6.07) is 0. The van der Waals surface area contributed by atoms with Crippen LogP contribution in [0.15, 0.2) is 0 Å². The van der Waals surface area contributed by atoms with Crippen LogP contribution in [0, 0.1) is 5.92 Å². The van der Waals surface area contributed by atoms with Gasteiger partial charge in [-0.1, -0.05) is 20.3 Å². The summed E-state index contributed by atoms with van der Waals surface area (Å²) in [5.41, 5.74) is 0. The molecule has 0 saturated heterocycles. The number of hydrogen-bond donors (Lipinski definition) is 2. The highest BCUT2D eigenvalue weighted by Gasteiger charge is 2.09. The van der Waals surface area contributed by atoms with Gasteiger partial charge in [-0.3, -0.25) is 4.79 Å². The molecule has 1 atom stereocenters. The largest absolute Gasteiger partial charge is 0.395 e. The monoisotopic (exact) mass is 159 g/mol. The fourth-order valence-corrected chi connectivity index (χ4v) is 0.917. The summed E-state index contributed by atoms with van der Waals surface area (Å²) in [5, 5.41) is 11.0. The molecule has 66 valence electrons. The molecule has 0 heterocycles. The molecule has 0 aliphatic rings. The molecule has 3 nitrogen and oxygen atoms in total. The molecule has 0 fully saturated rings.